The van der Waals surface area contributed by atoms with Gasteiger partial charge in [-0.2, -0.15) is 0 Å². The van der Waals surface area contributed by atoms with Gasteiger partial charge in [-0.1, -0.05) is 24.3 Å². The number of ether oxygens (including phenoxy) is 1. The SMILES string of the molecule is COc1c2oc3cc(N(C)C)ccc3nc-2c(C(=O)O)c(-c2ccc(CC(=O)O)cc2)c1=O. The van der Waals surface area contributed by atoms with Gasteiger partial charge in [0.05, 0.1) is 19.1 Å². The predicted octanol–water partition coefficient (Wildman–Crippen LogP) is 3.36. The molecule has 4 rings (SSSR count). The Bertz CT molecular complexity index is 1420. The second kappa shape index (κ2) is 8.27. The van der Waals surface area contributed by atoms with Crippen molar-refractivity contribution in [3.05, 3.63) is 63.8 Å². The number of nitrogens with zero attached hydrogens (tertiary/aromatic N) is 2. The van der Waals surface area contributed by atoms with Crippen LogP contribution in [0.5, 0.6) is 5.75 Å². The highest BCUT2D eigenvalue weighted by Crippen LogP contribution is 2.39. The van der Waals surface area contributed by atoms with Crippen molar-refractivity contribution >= 4 is 28.7 Å². The molecule has 0 fully saturated rings. The van der Waals surface area contributed by atoms with Gasteiger partial charge in [-0.3, -0.25) is 9.59 Å². The number of methoxy groups -OCH3 is 1. The van der Waals surface area contributed by atoms with Gasteiger partial charge in [-0.25, -0.2) is 9.78 Å². The lowest BCUT2D eigenvalue weighted by molar-refractivity contribution is -0.136. The highest BCUT2D eigenvalue weighted by molar-refractivity contribution is 6.04. The molecule has 0 saturated carbocycles. The average molecular weight is 448 g/mol. The molecular weight excluding hydrogens is 428 g/mol. The van der Waals surface area contributed by atoms with Gasteiger partial charge in [0.2, 0.25) is 11.2 Å². The number of carboxylic acids is 2. The highest BCUT2D eigenvalue weighted by atomic mass is 16.5. The quantitative estimate of drug-likeness (QED) is 0.426. The summed E-state index contributed by atoms with van der Waals surface area (Å²) in [5.41, 5.74) is 1.33. The number of anilines is 1. The number of fused-ring (bicyclic) bond motifs is 2. The Morgan fingerprint density at radius 3 is 2.36 bits per heavy atom. The van der Waals surface area contributed by atoms with E-state index in [1.165, 1.54) is 31.4 Å². The fourth-order valence-corrected chi connectivity index (χ4v) is 3.69. The fraction of sp³-hybridized carbons (Fsp3) is 0.167. The van der Waals surface area contributed by atoms with Crippen LogP contribution in [0.1, 0.15) is 15.9 Å². The van der Waals surface area contributed by atoms with Gasteiger partial charge in [0.25, 0.3) is 0 Å². The molecule has 1 aliphatic heterocycles. The lowest BCUT2D eigenvalue weighted by Crippen LogP contribution is -2.18. The summed E-state index contributed by atoms with van der Waals surface area (Å²) in [5.74, 6) is -2.57. The molecule has 2 N–H and O–H groups in total. The maximum Gasteiger partial charge on any atom is 0.338 e. The van der Waals surface area contributed by atoms with Crippen molar-refractivity contribution in [1.29, 1.82) is 0 Å². The standard InChI is InChI=1S/C24H20N2O7/c1-26(2)14-8-9-15-16(11-14)33-22-20(25-15)19(24(30)31)18(21(29)23(22)32-3)13-6-4-12(5-7-13)10-17(27)28/h4-9,11H,10H2,1-3H3,(H,27,28)(H,30,31). The van der Waals surface area contributed by atoms with Gasteiger partial charge in [-0.15, -0.1) is 0 Å². The van der Waals surface area contributed by atoms with Gasteiger partial charge in [-0.05, 0) is 23.3 Å². The minimum Gasteiger partial charge on any atom is -0.490 e. The Kier molecular flexibility index (Phi) is 5.47. The van der Waals surface area contributed by atoms with Crippen molar-refractivity contribution in [3.8, 4) is 28.3 Å². The lowest BCUT2D eigenvalue weighted by atomic mass is 9.93. The second-order valence-corrected chi connectivity index (χ2v) is 7.62. The van der Waals surface area contributed by atoms with Crippen molar-refractivity contribution in [3.63, 3.8) is 0 Å². The third-order valence-corrected chi connectivity index (χ3v) is 5.26. The first-order chi connectivity index (χ1) is 15.7. The molecule has 0 atom stereocenters. The van der Waals surface area contributed by atoms with Gasteiger partial charge in [0.1, 0.15) is 16.8 Å². The monoisotopic (exact) mass is 448 g/mol. The molecule has 9 heteroatoms. The number of aliphatic carboxylic acids is 1. The minimum absolute atomic E-state index is 0.0198. The van der Waals surface area contributed by atoms with Crippen molar-refractivity contribution in [1.82, 2.24) is 4.98 Å². The average Bonchev–Trinajstić information content (AvgIpc) is 2.77. The number of hydrogen-bond donors (Lipinski definition) is 2. The lowest BCUT2D eigenvalue weighted by Gasteiger charge is -2.17. The van der Waals surface area contributed by atoms with Crippen LogP contribution in [-0.4, -0.2) is 48.3 Å². The molecule has 1 aliphatic carbocycles. The third-order valence-electron chi connectivity index (χ3n) is 5.26. The smallest absolute Gasteiger partial charge is 0.338 e. The van der Waals surface area contributed by atoms with Crippen molar-refractivity contribution in [2.24, 2.45) is 0 Å². The maximum atomic E-state index is 13.3. The molecule has 168 valence electrons. The van der Waals surface area contributed by atoms with E-state index >= 15 is 0 Å². The number of benzene rings is 3. The van der Waals surface area contributed by atoms with Gasteiger partial charge < -0.3 is 24.3 Å². The van der Waals surface area contributed by atoms with Crippen molar-refractivity contribution in [2.45, 2.75) is 6.42 Å². The molecular formula is C24H20N2O7. The number of rotatable bonds is 6. The molecule has 2 aliphatic rings. The van der Waals surface area contributed by atoms with E-state index < -0.39 is 17.4 Å². The van der Waals surface area contributed by atoms with Crippen LogP contribution in [0.4, 0.5) is 5.69 Å². The van der Waals surface area contributed by atoms with Crippen LogP contribution < -0.4 is 15.1 Å². The second-order valence-electron chi connectivity index (χ2n) is 7.62. The molecule has 0 unspecified atom stereocenters. The zero-order valence-electron chi connectivity index (χ0n) is 18.1. The minimum atomic E-state index is -1.35. The van der Waals surface area contributed by atoms with E-state index in [0.717, 1.165) is 5.69 Å². The van der Waals surface area contributed by atoms with Crippen LogP contribution in [0.3, 0.4) is 0 Å². The molecule has 0 saturated heterocycles. The van der Waals surface area contributed by atoms with E-state index in [1.54, 1.807) is 12.1 Å². The molecule has 0 amide bonds. The third kappa shape index (κ3) is 3.84. The summed E-state index contributed by atoms with van der Waals surface area (Å²) in [7, 11) is 5.03. The van der Waals surface area contributed by atoms with Gasteiger partial charge >= 0.3 is 11.9 Å². The first-order valence-corrected chi connectivity index (χ1v) is 9.91. The Morgan fingerprint density at radius 2 is 1.79 bits per heavy atom. The van der Waals surface area contributed by atoms with Crippen LogP contribution >= 0.6 is 0 Å². The zero-order valence-corrected chi connectivity index (χ0v) is 18.1. The Morgan fingerprint density at radius 1 is 1.09 bits per heavy atom. The van der Waals surface area contributed by atoms with Crippen molar-refractivity contribution in [2.75, 3.05) is 26.1 Å². The topological polar surface area (TPSA) is 130 Å². The van der Waals surface area contributed by atoms with Gasteiger partial charge in [0.15, 0.2) is 11.3 Å². The molecule has 33 heavy (non-hydrogen) atoms. The summed E-state index contributed by atoms with van der Waals surface area (Å²) in [6.45, 7) is 0. The number of aromatic carboxylic acids is 1. The van der Waals surface area contributed by atoms with E-state index in [0.29, 0.717) is 22.2 Å². The van der Waals surface area contributed by atoms with E-state index in [2.05, 4.69) is 4.98 Å². The molecule has 9 nitrogen and oxygen atoms in total. The molecule has 0 radical (unpaired) electrons. The predicted molar refractivity (Wildman–Crippen MR) is 122 cm³/mol. The summed E-state index contributed by atoms with van der Waals surface area (Å²) in [4.78, 5) is 43.0. The van der Waals surface area contributed by atoms with Crippen LogP contribution in [0.15, 0.2) is 51.7 Å². The Hall–Kier alpha value is -4.40. The maximum absolute atomic E-state index is 13.3. The Labute approximate surface area is 187 Å². The first-order valence-electron chi connectivity index (χ1n) is 9.91. The number of carbonyl (C=O) groups is 2. The van der Waals surface area contributed by atoms with Crippen LogP contribution in [-0.2, 0) is 11.2 Å². The summed E-state index contributed by atoms with van der Waals surface area (Å²) in [6, 6.07) is 11.3. The van der Waals surface area contributed by atoms with Crippen molar-refractivity contribution < 1.29 is 29.0 Å². The number of hydrogen-bond acceptors (Lipinski definition) is 7. The molecule has 1 heterocycles. The molecule has 0 aromatic heterocycles. The summed E-state index contributed by atoms with van der Waals surface area (Å²) in [6.07, 6.45) is -0.196. The van der Waals surface area contributed by atoms with Crippen LogP contribution in [0.25, 0.3) is 33.7 Å². The first kappa shape index (κ1) is 21.8. The Balaban J connectivity index is 2.05. The summed E-state index contributed by atoms with van der Waals surface area (Å²) < 4.78 is 11.3. The summed E-state index contributed by atoms with van der Waals surface area (Å²) in [5, 5.41) is 19.0. The molecule has 0 bridgehead atoms. The molecule has 2 aromatic carbocycles. The number of aromatic nitrogens is 1. The van der Waals surface area contributed by atoms with E-state index in [4.69, 9.17) is 14.3 Å². The van der Waals surface area contributed by atoms with E-state index in [-0.39, 0.29) is 34.8 Å². The van der Waals surface area contributed by atoms with Crippen LogP contribution in [0, 0.1) is 0 Å². The molecule has 2 aromatic rings. The zero-order chi connectivity index (χ0) is 23.9. The van der Waals surface area contributed by atoms with E-state index in [1.807, 2.05) is 25.1 Å². The normalized spacial score (nSPS) is 11.0. The molecule has 0 spiro atoms. The largest absolute Gasteiger partial charge is 0.490 e. The fourth-order valence-electron chi connectivity index (χ4n) is 3.69. The summed E-state index contributed by atoms with van der Waals surface area (Å²) >= 11 is 0. The van der Waals surface area contributed by atoms with Crippen LogP contribution in [0.2, 0.25) is 0 Å². The number of carboxylic acid groups (broad SMARTS) is 2. The van der Waals surface area contributed by atoms with E-state index in [9.17, 15) is 19.5 Å². The highest BCUT2D eigenvalue weighted by Gasteiger charge is 2.31. The van der Waals surface area contributed by atoms with Gasteiger partial charge in [0, 0.05) is 25.8 Å².